The van der Waals surface area contributed by atoms with Crippen molar-refractivity contribution in [1.82, 2.24) is 0 Å². The predicted octanol–water partition coefficient (Wildman–Crippen LogP) is 0.758. The van der Waals surface area contributed by atoms with Crippen LogP contribution >= 0.6 is 0 Å². The van der Waals surface area contributed by atoms with Crippen molar-refractivity contribution in [3.05, 3.63) is 0 Å². The van der Waals surface area contributed by atoms with Crippen LogP contribution in [-0.4, -0.2) is 40.0 Å². The van der Waals surface area contributed by atoms with Gasteiger partial charge in [0.05, 0.1) is 0 Å². The zero-order valence-corrected chi connectivity index (χ0v) is 7.83. The molecule has 0 N–H and O–H groups in total. The maximum atomic E-state index is 5.42. The Morgan fingerprint density at radius 3 is 2.08 bits per heavy atom. The molecule has 1 aliphatic heterocycles. The molecule has 0 radical (unpaired) electrons. The molecule has 1 heterocycles. The molecule has 1 saturated heterocycles. The fourth-order valence-corrected chi connectivity index (χ4v) is 1.50. The highest BCUT2D eigenvalue weighted by atomic mass is 16.9. The van der Waals surface area contributed by atoms with Crippen LogP contribution in [0.25, 0.3) is 0 Å². The maximum Gasteiger partial charge on any atom is 0.310 e. The van der Waals surface area contributed by atoms with Crippen LogP contribution in [-0.2, 0) is 18.9 Å². The summed E-state index contributed by atoms with van der Waals surface area (Å²) in [5, 5.41) is 0. The second-order valence-electron chi connectivity index (χ2n) is 2.72. The predicted molar refractivity (Wildman–Crippen MR) is 42.7 cm³/mol. The van der Waals surface area contributed by atoms with Crippen molar-refractivity contribution in [3.63, 3.8) is 0 Å². The molecule has 0 saturated carbocycles. The third-order valence-corrected chi connectivity index (χ3v) is 2.18. The number of hydrogen-bond donors (Lipinski definition) is 0. The fourth-order valence-electron chi connectivity index (χ4n) is 1.50. The average molecular weight is 176 g/mol. The van der Waals surface area contributed by atoms with Crippen LogP contribution in [0, 0.1) is 0 Å². The molecule has 1 unspecified atom stereocenters. The smallest absolute Gasteiger partial charge is 0.310 e. The van der Waals surface area contributed by atoms with Gasteiger partial charge in [0.2, 0.25) is 0 Å². The molecule has 0 aromatic carbocycles. The first-order chi connectivity index (χ1) is 5.79. The van der Waals surface area contributed by atoms with Gasteiger partial charge in [-0.3, -0.25) is 0 Å². The molecule has 0 aromatic rings. The van der Waals surface area contributed by atoms with E-state index >= 15 is 0 Å². The van der Waals surface area contributed by atoms with E-state index in [1.54, 1.807) is 21.3 Å². The van der Waals surface area contributed by atoms with Gasteiger partial charge in [0.25, 0.3) is 0 Å². The Balaban J connectivity index is 2.61. The lowest BCUT2D eigenvalue weighted by Gasteiger charge is -2.33. The van der Waals surface area contributed by atoms with Crippen molar-refractivity contribution in [3.8, 4) is 0 Å². The van der Waals surface area contributed by atoms with Gasteiger partial charge >= 0.3 is 5.97 Å². The second-order valence-corrected chi connectivity index (χ2v) is 2.72. The molecule has 4 nitrogen and oxygen atoms in total. The highest BCUT2D eigenvalue weighted by Crippen LogP contribution is 2.27. The molecular weight excluding hydrogens is 160 g/mol. The molecule has 0 amide bonds. The van der Waals surface area contributed by atoms with Gasteiger partial charge in [0.15, 0.2) is 0 Å². The first kappa shape index (κ1) is 9.92. The fraction of sp³-hybridized carbons (Fsp3) is 1.00. The Hall–Kier alpha value is -0.160. The average Bonchev–Trinajstić information content (AvgIpc) is 2.62. The third-order valence-electron chi connectivity index (χ3n) is 2.18. The molecule has 1 atom stereocenters. The van der Waals surface area contributed by atoms with Gasteiger partial charge in [-0.1, -0.05) is 0 Å². The van der Waals surface area contributed by atoms with Crippen LogP contribution in [0.1, 0.15) is 12.8 Å². The summed E-state index contributed by atoms with van der Waals surface area (Å²) in [5.74, 6) is -1.02. The summed E-state index contributed by atoms with van der Waals surface area (Å²) in [4.78, 5) is 0. The van der Waals surface area contributed by atoms with Gasteiger partial charge in [-0.2, -0.15) is 0 Å². The standard InChI is InChI=1S/C8H16O4/c1-9-8(10-2,11-3)7-5-4-6-12-7/h7H,4-6H2,1-3H3. The largest absolute Gasteiger partial charge is 0.370 e. The van der Waals surface area contributed by atoms with Gasteiger partial charge in [0.1, 0.15) is 6.10 Å². The lowest BCUT2D eigenvalue weighted by atomic mass is 10.2. The van der Waals surface area contributed by atoms with Crippen molar-refractivity contribution in [2.24, 2.45) is 0 Å². The summed E-state index contributed by atoms with van der Waals surface area (Å²) in [6.07, 6.45) is 1.83. The number of methoxy groups -OCH3 is 3. The summed E-state index contributed by atoms with van der Waals surface area (Å²) in [6.45, 7) is 0.752. The molecule has 12 heavy (non-hydrogen) atoms. The lowest BCUT2D eigenvalue weighted by Crippen LogP contribution is -2.47. The van der Waals surface area contributed by atoms with Crippen LogP contribution in [0.15, 0.2) is 0 Å². The van der Waals surface area contributed by atoms with E-state index in [0.29, 0.717) is 0 Å². The van der Waals surface area contributed by atoms with Crippen molar-refractivity contribution in [1.29, 1.82) is 0 Å². The highest BCUT2D eigenvalue weighted by Gasteiger charge is 2.42. The number of rotatable bonds is 4. The van der Waals surface area contributed by atoms with E-state index < -0.39 is 5.97 Å². The molecule has 1 rings (SSSR count). The normalized spacial score (nSPS) is 24.8. The van der Waals surface area contributed by atoms with Crippen LogP contribution in [0.3, 0.4) is 0 Å². The van der Waals surface area contributed by atoms with Gasteiger partial charge in [-0.15, -0.1) is 0 Å². The molecule has 0 aromatic heterocycles. The lowest BCUT2D eigenvalue weighted by molar-refractivity contribution is -0.388. The number of hydrogen-bond acceptors (Lipinski definition) is 4. The quantitative estimate of drug-likeness (QED) is 0.592. The van der Waals surface area contributed by atoms with Crippen molar-refractivity contribution < 1.29 is 18.9 Å². The zero-order chi connectivity index (χ0) is 9.03. The first-order valence-corrected chi connectivity index (χ1v) is 4.06. The van der Waals surface area contributed by atoms with E-state index in [0.717, 1.165) is 19.4 Å². The topological polar surface area (TPSA) is 36.9 Å². The Morgan fingerprint density at radius 1 is 1.17 bits per heavy atom. The Labute approximate surface area is 72.7 Å². The molecule has 0 bridgehead atoms. The van der Waals surface area contributed by atoms with E-state index in [1.807, 2.05) is 0 Å². The first-order valence-electron chi connectivity index (χ1n) is 4.06. The zero-order valence-electron chi connectivity index (χ0n) is 7.83. The Morgan fingerprint density at radius 2 is 1.75 bits per heavy atom. The Kier molecular flexibility index (Phi) is 3.46. The van der Waals surface area contributed by atoms with E-state index in [1.165, 1.54) is 0 Å². The minimum Gasteiger partial charge on any atom is -0.370 e. The maximum absolute atomic E-state index is 5.42. The van der Waals surface area contributed by atoms with Crippen molar-refractivity contribution in [2.75, 3.05) is 27.9 Å². The van der Waals surface area contributed by atoms with E-state index in [9.17, 15) is 0 Å². The SMILES string of the molecule is COC(OC)(OC)C1CCCO1. The van der Waals surface area contributed by atoms with Gasteiger partial charge in [0, 0.05) is 27.9 Å². The molecule has 0 aliphatic carbocycles. The molecule has 1 fully saturated rings. The molecule has 4 heteroatoms. The summed E-state index contributed by atoms with van der Waals surface area (Å²) >= 11 is 0. The summed E-state index contributed by atoms with van der Waals surface area (Å²) in [5.41, 5.74) is 0. The number of ether oxygens (including phenoxy) is 4. The van der Waals surface area contributed by atoms with Crippen molar-refractivity contribution >= 4 is 0 Å². The van der Waals surface area contributed by atoms with Crippen LogP contribution in [0.2, 0.25) is 0 Å². The third kappa shape index (κ3) is 1.61. The molecule has 1 aliphatic rings. The highest BCUT2D eigenvalue weighted by molar-refractivity contribution is 4.75. The monoisotopic (exact) mass is 176 g/mol. The molecule has 0 spiro atoms. The van der Waals surface area contributed by atoms with E-state index in [4.69, 9.17) is 18.9 Å². The Bertz CT molecular complexity index is 119. The van der Waals surface area contributed by atoms with Crippen LogP contribution in [0.4, 0.5) is 0 Å². The van der Waals surface area contributed by atoms with Gasteiger partial charge < -0.3 is 18.9 Å². The molecule has 72 valence electrons. The van der Waals surface area contributed by atoms with Gasteiger partial charge in [-0.25, -0.2) is 0 Å². The summed E-state index contributed by atoms with van der Waals surface area (Å²) in [6, 6.07) is 0. The van der Waals surface area contributed by atoms with Crippen LogP contribution in [0.5, 0.6) is 0 Å². The second kappa shape index (κ2) is 4.18. The molecular formula is C8H16O4. The minimum atomic E-state index is -1.02. The van der Waals surface area contributed by atoms with Crippen LogP contribution < -0.4 is 0 Å². The van der Waals surface area contributed by atoms with Crippen molar-refractivity contribution in [2.45, 2.75) is 24.9 Å². The summed E-state index contributed by atoms with van der Waals surface area (Å²) < 4.78 is 20.9. The van der Waals surface area contributed by atoms with Gasteiger partial charge in [-0.05, 0) is 12.8 Å². The minimum absolute atomic E-state index is 0.113. The van der Waals surface area contributed by atoms with E-state index in [-0.39, 0.29) is 6.10 Å². The summed E-state index contributed by atoms with van der Waals surface area (Å²) in [7, 11) is 4.65. The van der Waals surface area contributed by atoms with E-state index in [2.05, 4.69) is 0 Å².